The summed E-state index contributed by atoms with van der Waals surface area (Å²) in [5.74, 6) is 3.34. The van der Waals surface area contributed by atoms with Crippen molar-refractivity contribution in [1.29, 1.82) is 0 Å². The largest absolute Gasteiger partial charge is 0.469 e. The van der Waals surface area contributed by atoms with Gasteiger partial charge in [-0.25, -0.2) is 0 Å². The van der Waals surface area contributed by atoms with Crippen LogP contribution in [0.3, 0.4) is 0 Å². The first kappa shape index (κ1) is 16.0. The molecule has 0 aliphatic heterocycles. The zero-order chi connectivity index (χ0) is 16.5. The standard InChI is InChI=1S/C21H34O2/c1-14-12-21-11-8-16-19(2,17(21)7-6-15(14)13-21)9-5-10-20(16,3)18(22)23-4/h14-17H,5-13H2,1-4H3/t14-,15-,16-,17-,19+,20-,21+/m0/s1. The lowest BCUT2D eigenvalue weighted by molar-refractivity contribution is -0.183. The van der Waals surface area contributed by atoms with E-state index in [2.05, 4.69) is 20.8 Å². The van der Waals surface area contributed by atoms with Gasteiger partial charge in [0.15, 0.2) is 0 Å². The van der Waals surface area contributed by atoms with Crippen LogP contribution in [0.25, 0.3) is 0 Å². The van der Waals surface area contributed by atoms with Gasteiger partial charge in [-0.3, -0.25) is 4.79 Å². The van der Waals surface area contributed by atoms with Crippen molar-refractivity contribution in [1.82, 2.24) is 0 Å². The molecule has 4 aliphatic rings. The van der Waals surface area contributed by atoms with Gasteiger partial charge in [0.2, 0.25) is 0 Å². The fraction of sp³-hybridized carbons (Fsp3) is 0.952. The van der Waals surface area contributed by atoms with Crippen LogP contribution < -0.4 is 0 Å². The Hall–Kier alpha value is -0.530. The molecule has 0 N–H and O–H groups in total. The first-order valence-corrected chi connectivity index (χ1v) is 9.94. The van der Waals surface area contributed by atoms with Gasteiger partial charge in [0, 0.05) is 0 Å². The van der Waals surface area contributed by atoms with Gasteiger partial charge in [0.05, 0.1) is 12.5 Å². The number of ether oxygens (including phenoxy) is 1. The normalized spacial score (nSPS) is 55.0. The summed E-state index contributed by atoms with van der Waals surface area (Å²) in [5, 5.41) is 0. The molecule has 4 aliphatic carbocycles. The van der Waals surface area contributed by atoms with Crippen LogP contribution >= 0.6 is 0 Å². The maximum atomic E-state index is 12.6. The van der Waals surface area contributed by atoms with Crippen LogP contribution in [0.4, 0.5) is 0 Å². The van der Waals surface area contributed by atoms with E-state index in [9.17, 15) is 4.79 Å². The molecule has 0 aromatic carbocycles. The number of hydrogen-bond donors (Lipinski definition) is 0. The minimum absolute atomic E-state index is 0.0536. The smallest absolute Gasteiger partial charge is 0.311 e. The van der Waals surface area contributed by atoms with Crippen LogP contribution in [0.1, 0.15) is 78.6 Å². The summed E-state index contributed by atoms with van der Waals surface area (Å²) in [7, 11) is 1.58. The van der Waals surface area contributed by atoms with E-state index < -0.39 is 0 Å². The second-order valence-electron chi connectivity index (χ2n) is 10.00. The first-order chi connectivity index (χ1) is 10.9. The Labute approximate surface area is 141 Å². The van der Waals surface area contributed by atoms with Crippen molar-refractivity contribution in [2.24, 2.45) is 39.9 Å². The Morgan fingerprint density at radius 3 is 2.52 bits per heavy atom. The average molecular weight is 319 g/mol. The molecule has 0 radical (unpaired) electrons. The van der Waals surface area contributed by atoms with Crippen LogP contribution in [-0.4, -0.2) is 13.1 Å². The summed E-state index contributed by atoms with van der Waals surface area (Å²) in [6.45, 7) is 7.25. The second-order valence-corrected chi connectivity index (χ2v) is 10.00. The van der Waals surface area contributed by atoms with Crippen molar-refractivity contribution in [2.45, 2.75) is 78.6 Å². The monoisotopic (exact) mass is 318 g/mol. The van der Waals surface area contributed by atoms with Crippen LogP contribution in [0.5, 0.6) is 0 Å². The molecule has 23 heavy (non-hydrogen) atoms. The molecule has 7 atom stereocenters. The van der Waals surface area contributed by atoms with Crippen LogP contribution in [-0.2, 0) is 9.53 Å². The fourth-order valence-corrected chi connectivity index (χ4v) is 8.27. The van der Waals surface area contributed by atoms with Crippen molar-refractivity contribution < 1.29 is 9.53 Å². The number of rotatable bonds is 1. The van der Waals surface area contributed by atoms with Crippen LogP contribution in [0.2, 0.25) is 0 Å². The number of esters is 1. The predicted molar refractivity (Wildman–Crippen MR) is 91.9 cm³/mol. The number of methoxy groups -OCH3 is 1. The lowest BCUT2D eigenvalue weighted by atomic mass is 9.41. The molecule has 4 saturated carbocycles. The first-order valence-electron chi connectivity index (χ1n) is 9.94. The molecule has 4 fully saturated rings. The predicted octanol–water partition coefficient (Wildman–Crippen LogP) is 5.21. The minimum atomic E-state index is -0.246. The molecule has 1 spiro atoms. The number of carbonyl (C=O) groups is 1. The average Bonchev–Trinajstić information content (AvgIpc) is 2.75. The van der Waals surface area contributed by atoms with Gasteiger partial charge in [0.25, 0.3) is 0 Å². The van der Waals surface area contributed by atoms with Crippen molar-refractivity contribution >= 4 is 5.97 Å². The van der Waals surface area contributed by atoms with Gasteiger partial charge in [-0.2, -0.15) is 0 Å². The van der Waals surface area contributed by atoms with E-state index in [1.54, 1.807) is 7.11 Å². The maximum Gasteiger partial charge on any atom is 0.311 e. The topological polar surface area (TPSA) is 26.3 Å². The van der Waals surface area contributed by atoms with E-state index in [4.69, 9.17) is 4.74 Å². The maximum absolute atomic E-state index is 12.6. The summed E-state index contributed by atoms with van der Waals surface area (Å²) in [6, 6.07) is 0. The molecule has 0 amide bonds. The SMILES string of the molecule is COC(=O)[C@@]1(C)CCC[C@@]2(C)[C@@H]3CC[C@H]4C[C@@]3(CC[C@@H]21)C[C@@H]4C. The summed E-state index contributed by atoms with van der Waals surface area (Å²) in [5.41, 5.74) is 0.723. The highest BCUT2D eigenvalue weighted by Gasteiger charge is 2.65. The van der Waals surface area contributed by atoms with Gasteiger partial charge in [-0.05, 0) is 92.8 Å². The van der Waals surface area contributed by atoms with E-state index in [0.717, 1.165) is 24.2 Å². The van der Waals surface area contributed by atoms with Crippen molar-refractivity contribution in [2.75, 3.05) is 7.11 Å². The molecule has 2 nitrogen and oxygen atoms in total. The Morgan fingerprint density at radius 2 is 1.78 bits per heavy atom. The van der Waals surface area contributed by atoms with Gasteiger partial charge < -0.3 is 4.74 Å². The molecule has 130 valence electrons. The van der Waals surface area contributed by atoms with E-state index >= 15 is 0 Å². The quantitative estimate of drug-likeness (QED) is 0.620. The van der Waals surface area contributed by atoms with Gasteiger partial charge in [0.1, 0.15) is 0 Å². The fourth-order valence-electron chi connectivity index (χ4n) is 8.27. The van der Waals surface area contributed by atoms with Crippen molar-refractivity contribution in [3.05, 3.63) is 0 Å². The van der Waals surface area contributed by atoms with E-state index in [-0.39, 0.29) is 11.4 Å². The minimum Gasteiger partial charge on any atom is -0.469 e. The lowest BCUT2D eigenvalue weighted by Gasteiger charge is -2.63. The number of fused-ring (bicyclic) bond motifs is 3. The molecule has 0 aromatic rings. The highest BCUT2D eigenvalue weighted by atomic mass is 16.5. The van der Waals surface area contributed by atoms with Crippen molar-refractivity contribution in [3.63, 3.8) is 0 Å². The molecule has 0 saturated heterocycles. The van der Waals surface area contributed by atoms with E-state index in [0.29, 0.717) is 16.7 Å². The summed E-state index contributed by atoms with van der Waals surface area (Å²) >= 11 is 0. The Kier molecular flexibility index (Phi) is 3.46. The molecule has 0 heterocycles. The van der Waals surface area contributed by atoms with Gasteiger partial charge in [-0.15, -0.1) is 0 Å². The summed E-state index contributed by atoms with van der Waals surface area (Å²) in [4.78, 5) is 12.6. The van der Waals surface area contributed by atoms with Gasteiger partial charge in [-0.1, -0.05) is 20.3 Å². The number of carbonyl (C=O) groups excluding carboxylic acids is 1. The zero-order valence-corrected chi connectivity index (χ0v) is 15.5. The third-order valence-electron chi connectivity index (χ3n) is 9.12. The third-order valence-corrected chi connectivity index (χ3v) is 9.12. The molecular weight excluding hydrogens is 284 g/mol. The molecule has 2 bridgehead atoms. The van der Waals surface area contributed by atoms with Crippen molar-refractivity contribution in [3.8, 4) is 0 Å². The molecular formula is C21H34O2. The second kappa shape index (κ2) is 4.99. The number of hydrogen-bond acceptors (Lipinski definition) is 2. The molecule has 0 aromatic heterocycles. The summed E-state index contributed by atoms with van der Waals surface area (Å²) in [6.07, 6.45) is 12.0. The summed E-state index contributed by atoms with van der Waals surface area (Å²) < 4.78 is 5.26. The van der Waals surface area contributed by atoms with Gasteiger partial charge >= 0.3 is 5.97 Å². The highest BCUT2D eigenvalue weighted by Crippen LogP contribution is 2.72. The van der Waals surface area contributed by atoms with E-state index in [1.165, 1.54) is 51.4 Å². The lowest BCUT2D eigenvalue weighted by Crippen LogP contribution is -2.58. The van der Waals surface area contributed by atoms with Crippen LogP contribution in [0.15, 0.2) is 0 Å². The Balaban J connectivity index is 1.72. The molecule has 2 heteroatoms. The molecule has 0 unspecified atom stereocenters. The highest BCUT2D eigenvalue weighted by molar-refractivity contribution is 5.77. The van der Waals surface area contributed by atoms with E-state index in [1.807, 2.05) is 0 Å². The third kappa shape index (κ3) is 1.96. The zero-order valence-electron chi connectivity index (χ0n) is 15.5. The Bertz CT molecular complexity index is 510. The Morgan fingerprint density at radius 1 is 1.00 bits per heavy atom. The molecule has 4 rings (SSSR count). The van der Waals surface area contributed by atoms with Crippen LogP contribution in [0, 0.1) is 39.9 Å².